The van der Waals surface area contributed by atoms with Gasteiger partial charge in [-0.1, -0.05) is 6.92 Å². The zero-order valence-electron chi connectivity index (χ0n) is 5.04. The molecule has 1 unspecified atom stereocenters. The van der Waals surface area contributed by atoms with E-state index in [-0.39, 0.29) is 6.10 Å². The highest BCUT2D eigenvalue weighted by Crippen LogP contribution is 2.13. The summed E-state index contributed by atoms with van der Waals surface area (Å²) in [5.74, 6) is 0. The van der Waals surface area contributed by atoms with Crippen molar-refractivity contribution in [2.24, 2.45) is 0 Å². The topological polar surface area (TPSA) is 23.5 Å². The number of aliphatic hydroxyl groups is 1. The van der Waals surface area contributed by atoms with Gasteiger partial charge in [0.15, 0.2) is 7.98 Å². The molecule has 2 radical (unpaired) electrons. The molecule has 44 valence electrons. The summed E-state index contributed by atoms with van der Waals surface area (Å²) < 4.78 is 0. The van der Waals surface area contributed by atoms with Gasteiger partial charge in [-0.2, -0.15) is 0 Å². The number of β-amino-alcohol motifs (C(OH)–C–C–N with tert-alkyl or cyclic N) is 1. The predicted molar refractivity (Wildman–Crippen MR) is 32.5 cm³/mol. The highest BCUT2D eigenvalue weighted by atomic mass is 16.3. The Balaban J connectivity index is 2.39. The highest BCUT2D eigenvalue weighted by molar-refractivity contribution is 6.04. The Morgan fingerprint density at radius 1 is 1.75 bits per heavy atom. The van der Waals surface area contributed by atoms with Crippen LogP contribution in [0, 0.1) is 0 Å². The molecule has 2 atom stereocenters. The van der Waals surface area contributed by atoms with Crippen molar-refractivity contribution in [1.29, 1.82) is 0 Å². The summed E-state index contributed by atoms with van der Waals surface area (Å²) in [7, 11) is 5.44. The van der Waals surface area contributed by atoms with Gasteiger partial charge in [-0.05, 0) is 12.5 Å². The summed E-state index contributed by atoms with van der Waals surface area (Å²) in [5, 5.41) is 8.95. The molecular weight excluding hydrogens is 101 g/mol. The Bertz CT molecular complexity index is 78.5. The highest BCUT2D eigenvalue weighted by Gasteiger charge is 2.22. The van der Waals surface area contributed by atoms with Crippen molar-refractivity contribution in [1.82, 2.24) is 4.81 Å². The lowest BCUT2D eigenvalue weighted by Gasteiger charge is -2.12. The van der Waals surface area contributed by atoms with Gasteiger partial charge in [-0.25, -0.2) is 0 Å². The van der Waals surface area contributed by atoms with Crippen LogP contribution in [0.25, 0.3) is 0 Å². The zero-order valence-corrected chi connectivity index (χ0v) is 5.04. The van der Waals surface area contributed by atoms with Crippen molar-refractivity contribution < 1.29 is 5.11 Å². The third-order valence-corrected chi connectivity index (χ3v) is 1.60. The van der Waals surface area contributed by atoms with E-state index in [1.807, 2.05) is 6.92 Å². The van der Waals surface area contributed by atoms with Crippen molar-refractivity contribution in [2.75, 3.05) is 6.54 Å². The van der Waals surface area contributed by atoms with Crippen LogP contribution >= 0.6 is 0 Å². The Labute approximate surface area is 50.9 Å². The zero-order chi connectivity index (χ0) is 6.15. The second-order valence-electron chi connectivity index (χ2n) is 2.44. The molecule has 1 aliphatic rings. The van der Waals surface area contributed by atoms with Gasteiger partial charge in [0, 0.05) is 6.54 Å². The molecule has 0 aliphatic carbocycles. The Kier molecular flexibility index (Phi) is 1.58. The minimum atomic E-state index is -0.199. The number of nitrogens with zero attached hydrogens (tertiary/aromatic N) is 1. The van der Waals surface area contributed by atoms with E-state index in [9.17, 15) is 0 Å². The average Bonchev–Trinajstić information content (AvgIpc) is 1.85. The molecule has 0 bridgehead atoms. The summed E-state index contributed by atoms with van der Waals surface area (Å²) in [5.41, 5.74) is 0. The molecule has 0 aromatic heterocycles. The lowest BCUT2D eigenvalue weighted by atomic mass is 10.2. The quantitative estimate of drug-likeness (QED) is 0.427. The third kappa shape index (κ3) is 1.04. The second kappa shape index (κ2) is 2.07. The number of rotatable bonds is 0. The first-order chi connectivity index (χ1) is 3.70. The minimum absolute atomic E-state index is 0.199. The van der Waals surface area contributed by atoms with Gasteiger partial charge in [0.05, 0.1) is 6.10 Å². The van der Waals surface area contributed by atoms with Crippen molar-refractivity contribution in [3.05, 3.63) is 0 Å². The van der Waals surface area contributed by atoms with Crippen molar-refractivity contribution in [3.63, 3.8) is 0 Å². The molecule has 1 saturated heterocycles. The lowest BCUT2D eigenvalue weighted by Crippen LogP contribution is -2.23. The molecule has 1 N–H and O–H groups in total. The minimum Gasteiger partial charge on any atom is -0.392 e. The van der Waals surface area contributed by atoms with Crippen molar-refractivity contribution in [2.45, 2.75) is 25.5 Å². The van der Waals surface area contributed by atoms with Gasteiger partial charge < -0.3 is 9.92 Å². The molecule has 0 saturated carbocycles. The van der Waals surface area contributed by atoms with E-state index in [1.165, 1.54) is 0 Å². The van der Waals surface area contributed by atoms with Crippen LogP contribution in [-0.4, -0.2) is 36.6 Å². The molecule has 0 aromatic carbocycles. The molecule has 1 aliphatic heterocycles. The fourth-order valence-corrected chi connectivity index (χ4v) is 1.03. The first-order valence-electron chi connectivity index (χ1n) is 2.89. The normalized spacial score (nSPS) is 40.8. The molecule has 3 heteroatoms. The van der Waals surface area contributed by atoms with Crippen LogP contribution in [0.5, 0.6) is 0 Å². The van der Waals surface area contributed by atoms with Crippen molar-refractivity contribution in [3.8, 4) is 0 Å². The van der Waals surface area contributed by atoms with E-state index in [4.69, 9.17) is 13.1 Å². The maximum atomic E-state index is 8.95. The van der Waals surface area contributed by atoms with Gasteiger partial charge in [0.25, 0.3) is 0 Å². The smallest absolute Gasteiger partial charge is 0.182 e. The standard InChI is InChI=1S/C5H10BNO/c1-4-2-5(8)3-7(4)6/h4-5,8H,2-3H2,1H3/t4?,5-/m1/s1. The fraction of sp³-hybridized carbons (Fsp3) is 1.00. The maximum absolute atomic E-state index is 8.95. The molecular formula is C5H10BNO. The van der Waals surface area contributed by atoms with E-state index in [2.05, 4.69) is 0 Å². The van der Waals surface area contributed by atoms with Crippen LogP contribution in [-0.2, 0) is 0 Å². The Hall–Kier alpha value is -0.0151. The fourth-order valence-electron chi connectivity index (χ4n) is 1.03. The second-order valence-corrected chi connectivity index (χ2v) is 2.44. The maximum Gasteiger partial charge on any atom is 0.182 e. The Morgan fingerprint density at radius 3 is 2.50 bits per heavy atom. The molecule has 0 aromatic rings. The van der Waals surface area contributed by atoms with Crippen LogP contribution < -0.4 is 0 Å². The molecule has 0 spiro atoms. The number of hydrogen-bond donors (Lipinski definition) is 1. The molecule has 2 nitrogen and oxygen atoms in total. The monoisotopic (exact) mass is 111 g/mol. The largest absolute Gasteiger partial charge is 0.392 e. The number of hydrogen-bond acceptors (Lipinski definition) is 2. The van der Waals surface area contributed by atoms with Crippen LogP contribution in [0.4, 0.5) is 0 Å². The van der Waals surface area contributed by atoms with E-state index in [0.717, 1.165) is 6.42 Å². The lowest BCUT2D eigenvalue weighted by molar-refractivity contribution is 0.189. The first-order valence-corrected chi connectivity index (χ1v) is 2.89. The molecule has 1 heterocycles. The van der Waals surface area contributed by atoms with E-state index in [0.29, 0.717) is 12.6 Å². The van der Waals surface area contributed by atoms with Gasteiger partial charge in [-0.15, -0.1) is 0 Å². The molecule has 0 amide bonds. The van der Waals surface area contributed by atoms with Crippen molar-refractivity contribution >= 4 is 7.98 Å². The van der Waals surface area contributed by atoms with Gasteiger partial charge in [-0.3, -0.25) is 0 Å². The average molecular weight is 111 g/mol. The summed E-state index contributed by atoms with van der Waals surface area (Å²) >= 11 is 0. The predicted octanol–water partition coefficient (Wildman–Crippen LogP) is -0.475. The molecule has 8 heavy (non-hydrogen) atoms. The van der Waals surface area contributed by atoms with Gasteiger partial charge >= 0.3 is 0 Å². The molecule has 1 rings (SSSR count). The van der Waals surface area contributed by atoms with Crippen LogP contribution in [0.3, 0.4) is 0 Å². The summed E-state index contributed by atoms with van der Waals surface area (Å²) in [6.45, 7) is 2.64. The molecule has 1 fully saturated rings. The van der Waals surface area contributed by atoms with Crippen LogP contribution in [0.15, 0.2) is 0 Å². The van der Waals surface area contributed by atoms with Gasteiger partial charge in [0.1, 0.15) is 0 Å². The SMILES string of the molecule is [B]N1C[C@H](O)CC1C. The van der Waals surface area contributed by atoms with E-state index < -0.39 is 0 Å². The van der Waals surface area contributed by atoms with Crippen LogP contribution in [0.1, 0.15) is 13.3 Å². The summed E-state index contributed by atoms with van der Waals surface area (Å²) in [6.07, 6.45) is 0.617. The first kappa shape index (κ1) is 6.11. The Morgan fingerprint density at radius 2 is 2.38 bits per heavy atom. The van der Waals surface area contributed by atoms with E-state index >= 15 is 0 Å². The van der Waals surface area contributed by atoms with Crippen LogP contribution in [0.2, 0.25) is 0 Å². The third-order valence-electron chi connectivity index (χ3n) is 1.60. The summed E-state index contributed by atoms with van der Waals surface area (Å²) in [6, 6.07) is 0.352. The number of aliphatic hydroxyl groups excluding tert-OH is 1. The van der Waals surface area contributed by atoms with E-state index in [1.54, 1.807) is 4.81 Å². The van der Waals surface area contributed by atoms with Gasteiger partial charge in [0.2, 0.25) is 0 Å². The summed E-state index contributed by atoms with van der Waals surface area (Å²) in [4.78, 5) is 1.67.